The average Bonchev–Trinajstić information content (AvgIpc) is 3.05. The van der Waals surface area contributed by atoms with Crippen molar-refractivity contribution in [1.29, 1.82) is 0 Å². The van der Waals surface area contributed by atoms with E-state index in [9.17, 15) is 14.4 Å². The van der Waals surface area contributed by atoms with Gasteiger partial charge in [-0.25, -0.2) is 0 Å². The average molecular weight is 359 g/mol. The summed E-state index contributed by atoms with van der Waals surface area (Å²) in [6, 6.07) is 4.64. The molecule has 0 aromatic heterocycles. The Hall–Kier alpha value is -2.61. The molecule has 1 aromatic carbocycles. The molecular weight excluding hydrogens is 338 g/mol. The fourth-order valence-electron chi connectivity index (χ4n) is 3.96. The summed E-state index contributed by atoms with van der Waals surface area (Å²) in [5.41, 5.74) is 1.01. The lowest BCUT2D eigenvalue weighted by atomic mass is 9.71. The highest BCUT2D eigenvalue weighted by Gasteiger charge is 2.54. The summed E-state index contributed by atoms with van der Waals surface area (Å²) in [7, 11) is 1.66. The van der Waals surface area contributed by atoms with E-state index in [1.165, 1.54) is 11.8 Å². The van der Waals surface area contributed by atoms with Gasteiger partial charge in [-0.3, -0.25) is 14.4 Å². The fourth-order valence-corrected chi connectivity index (χ4v) is 3.96. The minimum absolute atomic E-state index is 0.00141. The van der Waals surface area contributed by atoms with Crippen molar-refractivity contribution in [3.8, 4) is 5.75 Å². The highest BCUT2D eigenvalue weighted by atomic mass is 16.5. The van der Waals surface area contributed by atoms with E-state index in [0.717, 1.165) is 6.42 Å². The Morgan fingerprint density at radius 3 is 2.81 bits per heavy atom. The number of amides is 3. The Labute approximate surface area is 150 Å². The zero-order valence-electron chi connectivity index (χ0n) is 14.7. The van der Waals surface area contributed by atoms with Gasteiger partial charge in [0.15, 0.2) is 6.61 Å². The van der Waals surface area contributed by atoms with Crippen LogP contribution < -0.4 is 20.3 Å². The van der Waals surface area contributed by atoms with Crippen LogP contribution in [0.25, 0.3) is 0 Å². The molecule has 4 rings (SSSR count). The second-order valence-electron chi connectivity index (χ2n) is 6.94. The van der Waals surface area contributed by atoms with E-state index in [4.69, 9.17) is 9.47 Å². The number of ether oxygens (including phenoxy) is 2. The van der Waals surface area contributed by atoms with Crippen LogP contribution in [0.5, 0.6) is 5.75 Å². The van der Waals surface area contributed by atoms with Crippen molar-refractivity contribution in [3.63, 3.8) is 0 Å². The van der Waals surface area contributed by atoms with Gasteiger partial charge in [0.1, 0.15) is 5.75 Å². The topological polar surface area (TPSA) is 97.0 Å². The summed E-state index contributed by atoms with van der Waals surface area (Å²) in [5, 5.41) is 5.88. The van der Waals surface area contributed by atoms with Gasteiger partial charge in [0.2, 0.25) is 5.91 Å². The molecule has 1 aliphatic carbocycles. The van der Waals surface area contributed by atoms with Crippen LogP contribution in [0.15, 0.2) is 18.2 Å². The summed E-state index contributed by atoms with van der Waals surface area (Å²) < 4.78 is 11.0. The Kier molecular flexibility index (Phi) is 4.07. The summed E-state index contributed by atoms with van der Waals surface area (Å²) in [6.07, 6.45) is 0.825. The molecule has 0 bridgehead atoms. The number of rotatable bonds is 3. The van der Waals surface area contributed by atoms with Crippen molar-refractivity contribution >= 4 is 23.4 Å². The third-order valence-electron chi connectivity index (χ3n) is 5.36. The predicted octanol–water partition coefficient (Wildman–Crippen LogP) is 0.0636. The van der Waals surface area contributed by atoms with E-state index in [2.05, 4.69) is 10.6 Å². The molecule has 1 saturated heterocycles. The molecule has 1 aromatic rings. The first-order valence-electron chi connectivity index (χ1n) is 8.68. The Morgan fingerprint density at radius 1 is 1.23 bits per heavy atom. The quantitative estimate of drug-likeness (QED) is 0.796. The highest BCUT2D eigenvalue weighted by molar-refractivity contribution is 6.01. The minimum atomic E-state index is -0.245. The molecule has 26 heavy (non-hydrogen) atoms. The van der Waals surface area contributed by atoms with Gasteiger partial charge in [-0.15, -0.1) is 0 Å². The van der Waals surface area contributed by atoms with E-state index < -0.39 is 0 Å². The molecule has 0 spiro atoms. The lowest BCUT2D eigenvalue weighted by Crippen LogP contribution is -2.70. The van der Waals surface area contributed by atoms with Crippen LogP contribution in [-0.2, 0) is 14.3 Å². The minimum Gasteiger partial charge on any atom is -0.482 e. The zero-order valence-corrected chi connectivity index (χ0v) is 14.7. The van der Waals surface area contributed by atoms with Crippen LogP contribution in [-0.4, -0.2) is 56.2 Å². The van der Waals surface area contributed by atoms with E-state index in [1.54, 1.807) is 25.2 Å². The number of carbonyl (C=O) groups is 3. The monoisotopic (exact) mass is 359 g/mol. The number of nitrogens with one attached hydrogen (secondary N) is 2. The van der Waals surface area contributed by atoms with Gasteiger partial charge in [-0.2, -0.15) is 0 Å². The van der Waals surface area contributed by atoms with Gasteiger partial charge in [0, 0.05) is 32.1 Å². The molecule has 2 heterocycles. The largest absolute Gasteiger partial charge is 0.482 e. The molecule has 0 radical (unpaired) electrons. The van der Waals surface area contributed by atoms with Crippen LogP contribution in [0.4, 0.5) is 5.69 Å². The third-order valence-corrected chi connectivity index (χ3v) is 5.36. The fraction of sp³-hybridized carbons (Fsp3) is 0.500. The number of carbonyl (C=O) groups excluding carboxylic acids is 3. The number of hydrogen-bond donors (Lipinski definition) is 2. The van der Waals surface area contributed by atoms with E-state index in [0.29, 0.717) is 23.6 Å². The van der Waals surface area contributed by atoms with Crippen molar-refractivity contribution in [2.45, 2.75) is 31.5 Å². The van der Waals surface area contributed by atoms with Crippen molar-refractivity contribution in [2.75, 3.05) is 25.2 Å². The van der Waals surface area contributed by atoms with Gasteiger partial charge in [0.05, 0.1) is 23.9 Å². The molecular formula is C18H21N3O5. The first-order valence-corrected chi connectivity index (χ1v) is 8.68. The first kappa shape index (κ1) is 16.8. The molecule has 2 aliphatic heterocycles. The second kappa shape index (κ2) is 6.28. The zero-order chi connectivity index (χ0) is 18.4. The molecule has 4 atom stereocenters. The Morgan fingerprint density at radius 2 is 2.04 bits per heavy atom. The van der Waals surface area contributed by atoms with E-state index >= 15 is 0 Å². The highest BCUT2D eigenvalue weighted by Crippen LogP contribution is 2.39. The van der Waals surface area contributed by atoms with Crippen LogP contribution >= 0.6 is 0 Å². The standard InChI is InChI=1S/C18H21N3O5/c1-9(22)19-16-15(11-5-6-25-17(11)16)20-18(24)10-3-4-13-12(7-10)21(2)14(23)8-26-13/h3-4,7,11,15-17H,5-6,8H2,1-2H3,(H,19,22)(H,20,24)/t11-,15+,16-,17-/m1/s1. The summed E-state index contributed by atoms with van der Waals surface area (Å²) in [5.74, 6) is 0.235. The normalized spacial score (nSPS) is 29.2. The van der Waals surface area contributed by atoms with Crippen LogP contribution in [0.3, 0.4) is 0 Å². The maximum Gasteiger partial charge on any atom is 0.264 e. The number of anilines is 1. The van der Waals surface area contributed by atoms with Crippen LogP contribution in [0, 0.1) is 5.92 Å². The molecule has 8 heteroatoms. The van der Waals surface area contributed by atoms with Crippen molar-refractivity contribution in [3.05, 3.63) is 23.8 Å². The van der Waals surface area contributed by atoms with Gasteiger partial charge in [-0.1, -0.05) is 0 Å². The van der Waals surface area contributed by atoms with Gasteiger partial charge < -0.3 is 25.0 Å². The molecule has 3 aliphatic rings. The van der Waals surface area contributed by atoms with Crippen molar-refractivity contribution < 1.29 is 23.9 Å². The Balaban J connectivity index is 1.51. The van der Waals surface area contributed by atoms with E-state index in [1.807, 2.05) is 0 Å². The lowest BCUT2D eigenvalue weighted by molar-refractivity contribution is -0.124. The summed E-state index contributed by atoms with van der Waals surface area (Å²) in [4.78, 5) is 37.4. The van der Waals surface area contributed by atoms with Gasteiger partial charge in [0.25, 0.3) is 11.8 Å². The number of hydrogen-bond acceptors (Lipinski definition) is 5. The Bertz CT molecular complexity index is 780. The third kappa shape index (κ3) is 2.70. The van der Waals surface area contributed by atoms with Gasteiger partial charge >= 0.3 is 0 Å². The van der Waals surface area contributed by atoms with Gasteiger partial charge in [-0.05, 0) is 24.6 Å². The molecule has 0 unspecified atom stereocenters. The maximum absolute atomic E-state index is 12.7. The number of benzene rings is 1. The lowest BCUT2D eigenvalue weighted by Gasteiger charge is -2.47. The van der Waals surface area contributed by atoms with E-state index in [-0.39, 0.29) is 48.4 Å². The second-order valence-corrected chi connectivity index (χ2v) is 6.94. The predicted molar refractivity (Wildman–Crippen MR) is 92.1 cm³/mol. The molecule has 138 valence electrons. The summed E-state index contributed by atoms with van der Waals surface area (Å²) in [6.45, 7) is 2.09. The van der Waals surface area contributed by atoms with Crippen LogP contribution in [0.2, 0.25) is 0 Å². The molecule has 3 amide bonds. The molecule has 8 nitrogen and oxygen atoms in total. The maximum atomic E-state index is 12.7. The smallest absolute Gasteiger partial charge is 0.264 e. The molecule has 1 saturated carbocycles. The van der Waals surface area contributed by atoms with Crippen molar-refractivity contribution in [1.82, 2.24) is 10.6 Å². The van der Waals surface area contributed by atoms with Crippen LogP contribution in [0.1, 0.15) is 23.7 Å². The number of nitrogens with zero attached hydrogens (tertiary/aromatic N) is 1. The number of fused-ring (bicyclic) bond motifs is 2. The van der Waals surface area contributed by atoms with Crippen molar-refractivity contribution in [2.24, 2.45) is 5.92 Å². The first-order chi connectivity index (χ1) is 12.5. The summed E-state index contributed by atoms with van der Waals surface area (Å²) >= 11 is 0. The number of likely N-dealkylation sites (N-methyl/N-ethyl adjacent to an activating group) is 1. The molecule has 2 N–H and O–H groups in total. The molecule has 2 fully saturated rings. The SMILES string of the molecule is CC(=O)N[C@@H]1[C@@H](NC(=O)c2ccc3c(c2)N(C)C(=O)CO3)[C@H]2CCO[C@H]21.